The van der Waals surface area contributed by atoms with Crippen LogP contribution in [0.15, 0.2) is 54.7 Å². The molecule has 3 aromatic rings. The second-order valence-electron chi connectivity index (χ2n) is 6.74. The molecule has 0 aliphatic carbocycles. The van der Waals surface area contributed by atoms with Gasteiger partial charge in [-0.15, -0.1) is 0 Å². The average Bonchev–Trinajstić information content (AvgIpc) is 2.75. The first kappa shape index (κ1) is 20.6. The fraction of sp³-hybridized carbons (Fsp3) is 0.182. The Hall–Kier alpha value is -2.64. The number of nitrogens with one attached hydrogen (secondary N) is 1. The normalized spacial score (nSPS) is 13.0. The van der Waals surface area contributed by atoms with Gasteiger partial charge in [-0.3, -0.25) is 4.84 Å². The third kappa shape index (κ3) is 4.57. The summed E-state index contributed by atoms with van der Waals surface area (Å²) in [6.07, 6.45) is 4.49. The summed E-state index contributed by atoms with van der Waals surface area (Å²) >= 11 is 12.9. The molecular formula is C22H21Cl2N5O. The maximum absolute atomic E-state index is 6.44. The molecule has 8 heteroatoms. The molecule has 2 aromatic carbocycles. The van der Waals surface area contributed by atoms with Crippen LogP contribution in [0.5, 0.6) is 0 Å². The van der Waals surface area contributed by atoms with Crippen molar-refractivity contribution in [3.63, 3.8) is 0 Å². The van der Waals surface area contributed by atoms with Crippen LogP contribution < -0.4 is 16.1 Å². The molecule has 0 bridgehead atoms. The second kappa shape index (κ2) is 9.45. The van der Waals surface area contributed by atoms with Gasteiger partial charge in [0.15, 0.2) is 5.82 Å². The molecule has 154 valence electrons. The number of nitrogens with two attached hydrogens (primary N) is 1. The Labute approximate surface area is 185 Å². The lowest BCUT2D eigenvalue weighted by atomic mass is 10.0. The van der Waals surface area contributed by atoms with E-state index < -0.39 is 0 Å². The van der Waals surface area contributed by atoms with Gasteiger partial charge >= 0.3 is 0 Å². The SMILES string of the molecule is NCCCON1CC(c2c(Cl)cccc2Cl)=Cc2cnc(Nc3ccccc3)nc21. The highest BCUT2D eigenvalue weighted by Crippen LogP contribution is 2.37. The van der Waals surface area contributed by atoms with Crippen LogP contribution in [0.25, 0.3) is 11.6 Å². The number of aromatic nitrogens is 2. The Balaban J connectivity index is 1.70. The van der Waals surface area contributed by atoms with Crippen molar-refractivity contribution in [2.75, 3.05) is 30.1 Å². The van der Waals surface area contributed by atoms with Gasteiger partial charge in [-0.1, -0.05) is 47.5 Å². The number of hydrogen-bond acceptors (Lipinski definition) is 6. The van der Waals surface area contributed by atoms with E-state index in [1.807, 2.05) is 54.6 Å². The van der Waals surface area contributed by atoms with Crippen molar-refractivity contribution in [2.24, 2.45) is 5.73 Å². The molecule has 0 saturated carbocycles. The van der Waals surface area contributed by atoms with Crippen LogP contribution in [0.3, 0.4) is 0 Å². The molecule has 30 heavy (non-hydrogen) atoms. The number of nitrogens with zero attached hydrogens (tertiary/aromatic N) is 3. The molecule has 1 aromatic heterocycles. The highest BCUT2D eigenvalue weighted by molar-refractivity contribution is 6.38. The smallest absolute Gasteiger partial charge is 0.229 e. The number of halogens is 2. The number of benzene rings is 2. The summed E-state index contributed by atoms with van der Waals surface area (Å²) in [5.41, 5.74) is 9.06. The highest BCUT2D eigenvalue weighted by Gasteiger charge is 2.24. The predicted octanol–water partition coefficient (Wildman–Crippen LogP) is 5.17. The average molecular weight is 442 g/mol. The van der Waals surface area contributed by atoms with Gasteiger partial charge in [0.1, 0.15) is 0 Å². The van der Waals surface area contributed by atoms with E-state index in [9.17, 15) is 0 Å². The fourth-order valence-electron chi connectivity index (χ4n) is 3.18. The first-order valence-electron chi connectivity index (χ1n) is 9.60. The molecular weight excluding hydrogens is 421 g/mol. The standard InChI is InChI=1S/C22H21Cl2N5O/c23-18-8-4-9-19(24)20(18)16-12-15-13-26-22(27-17-6-2-1-3-7-17)28-21(15)29(14-16)30-11-5-10-25/h1-4,6-9,12-13H,5,10-11,14,25H2,(H,26,27,28). The Bertz CT molecular complexity index is 1040. The third-order valence-electron chi connectivity index (χ3n) is 4.59. The van der Waals surface area contributed by atoms with Crippen LogP contribution >= 0.6 is 23.2 Å². The van der Waals surface area contributed by atoms with E-state index in [1.54, 1.807) is 11.3 Å². The van der Waals surface area contributed by atoms with Crippen molar-refractivity contribution >= 4 is 52.3 Å². The van der Waals surface area contributed by atoms with Crippen molar-refractivity contribution in [1.29, 1.82) is 0 Å². The topological polar surface area (TPSA) is 76.3 Å². The minimum atomic E-state index is 0.447. The van der Waals surface area contributed by atoms with E-state index >= 15 is 0 Å². The fourth-order valence-corrected chi connectivity index (χ4v) is 3.82. The van der Waals surface area contributed by atoms with Crippen LogP contribution in [0.1, 0.15) is 17.5 Å². The largest absolute Gasteiger partial charge is 0.330 e. The second-order valence-corrected chi connectivity index (χ2v) is 7.56. The summed E-state index contributed by atoms with van der Waals surface area (Å²) in [5, 5.41) is 6.13. The van der Waals surface area contributed by atoms with Crippen LogP contribution in [-0.2, 0) is 4.84 Å². The molecule has 0 fully saturated rings. The quantitative estimate of drug-likeness (QED) is 0.492. The monoisotopic (exact) mass is 441 g/mol. The molecule has 4 rings (SSSR count). The molecule has 0 spiro atoms. The zero-order valence-corrected chi connectivity index (χ0v) is 17.7. The summed E-state index contributed by atoms with van der Waals surface area (Å²) < 4.78 is 0. The number of hydroxylamine groups is 1. The van der Waals surface area contributed by atoms with Gasteiger partial charge in [0.05, 0.1) is 13.2 Å². The van der Waals surface area contributed by atoms with Gasteiger partial charge in [0, 0.05) is 33.1 Å². The molecule has 3 N–H and O–H groups in total. The summed E-state index contributed by atoms with van der Waals surface area (Å²) in [7, 11) is 0. The summed E-state index contributed by atoms with van der Waals surface area (Å²) in [6.45, 7) is 1.47. The first-order valence-corrected chi connectivity index (χ1v) is 10.4. The van der Waals surface area contributed by atoms with Gasteiger partial charge in [-0.05, 0) is 48.9 Å². The van der Waals surface area contributed by atoms with Crippen molar-refractivity contribution in [2.45, 2.75) is 6.42 Å². The van der Waals surface area contributed by atoms with Gasteiger partial charge in [0.2, 0.25) is 5.95 Å². The predicted molar refractivity (Wildman–Crippen MR) is 123 cm³/mol. The lowest BCUT2D eigenvalue weighted by molar-refractivity contribution is 0.112. The summed E-state index contributed by atoms with van der Waals surface area (Å²) in [5.74, 6) is 1.16. The molecule has 0 radical (unpaired) electrons. The van der Waals surface area contributed by atoms with Crippen LogP contribution in [0.4, 0.5) is 17.5 Å². The number of hydrogen-bond donors (Lipinski definition) is 2. The molecule has 0 saturated heterocycles. The van der Waals surface area contributed by atoms with E-state index in [0.717, 1.165) is 28.8 Å². The summed E-state index contributed by atoms with van der Waals surface area (Å²) in [4.78, 5) is 15.1. The third-order valence-corrected chi connectivity index (χ3v) is 5.22. The minimum Gasteiger partial charge on any atom is -0.330 e. The highest BCUT2D eigenvalue weighted by atomic mass is 35.5. The van der Waals surface area contributed by atoms with Crippen molar-refractivity contribution in [3.05, 3.63) is 75.9 Å². The van der Waals surface area contributed by atoms with Gasteiger partial charge < -0.3 is 11.1 Å². The first-order chi connectivity index (χ1) is 14.7. The lowest BCUT2D eigenvalue weighted by Crippen LogP contribution is -2.31. The maximum atomic E-state index is 6.44. The lowest BCUT2D eigenvalue weighted by Gasteiger charge is -2.30. The zero-order valence-electron chi connectivity index (χ0n) is 16.2. The molecule has 1 aliphatic rings. The minimum absolute atomic E-state index is 0.447. The maximum Gasteiger partial charge on any atom is 0.229 e. The van der Waals surface area contributed by atoms with Gasteiger partial charge in [-0.2, -0.15) is 4.98 Å². The number of rotatable bonds is 7. The molecule has 1 aliphatic heterocycles. The zero-order chi connectivity index (χ0) is 20.9. The van der Waals surface area contributed by atoms with E-state index in [-0.39, 0.29) is 0 Å². The van der Waals surface area contributed by atoms with Crippen molar-refractivity contribution in [3.8, 4) is 0 Å². The Morgan fingerprint density at radius 3 is 2.57 bits per heavy atom. The van der Waals surface area contributed by atoms with E-state index in [0.29, 0.717) is 41.5 Å². The molecule has 0 unspecified atom stereocenters. The molecule has 6 nitrogen and oxygen atoms in total. The van der Waals surface area contributed by atoms with E-state index in [4.69, 9.17) is 33.8 Å². The Morgan fingerprint density at radius 2 is 1.83 bits per heavy atom. The molecule has 0 amide bonds. The molecule has 0 atom stereocenters. The summed E-state index contributed by atoms with van der Waals surface area (Å²) in [6, 6.07) is 15.2. The Kier molecular flexibility index (Phi) is 6.50. The number of fused-ring (bicyclic) bond motifs is 1. The van der Waals surface area contributed by atoms with Crippen molar-refractivity contribution < 1.29 is 4.84 Å². The number of para-hydroxylation sites is 1. The van der Waals surface area contributed by atoms with Crippen LogP contribution in [0.2, 0.25) is 10.0 Å². The van der Waals surface area contributed by atoms with Crippen LogP contribution in [0, 0.1) is 0 Å². The Morgan fingerprint density at radius 1 is 1.07 bits per heavy atom. The number of anilines is 3. The molecule has 2 heterocycles. The van der Waals surface area contributed by atoms with Gasteiger partial charge in [-0.25, -0.2) is 10.0 Å². The van der Waals surface area contributed by atoms with Gasteiger partial charge in [0.25, 0.3) is 0 Å². The van der Waals surface area contributed by atoms with Crippen molar-refractivity contribution in [1.82, 2.24) is 9.97 Å². The van der Waals surface area contributed by atoms with E-state index in [1.165, 1.54) is 0 Å². The van der Waals surface area contributed by atoms with E-state index in [2.05, 4.69) is 15.3 Å². The van der Waals surface area contributed by atoms with Crippen LogP contribution in [-0.4, -0.2) is 29.7 Å².